The van der Waals surface area contributed by atoms with Gasteiger partial charge in [-0.15, -0.1) is 0 Å². The number of para-hydroxylation sites is 2. The Morgan fingerprint density at radius 2 is 1.55 bits per heavy atom. The standard InChI is InChI=1S/C15H14F3NO/c16-15(17,18)13-8-4-5-9-14(13)19-10-11-20-12-6-2-1-3-7-12/h1-9,19H,10-11H2. The third-order valence-electron chi connectivity index (χ3n) is 2.66. The van der Waals surface area contributed by atoms with Gasteiger partial charge in [-0.3, -0.25) is 0 Å². The second-order valence-electron chi connectivity index (χ2n) is 4.13. The van der Waals surface area contributed by atoms with Crippen molar-refractivity contribution in [1.82, 2.24) is 0 Å². The van der Waals surface area contributed by atoms with E-state index in [9.17, 15) is 13.2 Å². The van der Waals surface area contributed by atoms with E-state index in [0.717, 1.165) is 6.07 Å². The van der Waals surface area contributed by atoms with Crippen molar-refractivity contribution in [2.45, 2.75) is 6.18 Å². The van der Waals surface area contributed by atoms with Crippen molar-refractivity contribution in [3.05, 3.63) is 60.2 Å². The number of ether oxygens (including phenoxy) is 1. The van der Waals surface area contributed by atoms with Crippen LogP contribution in [-0.4, -0.2) is 13.2 Å². The average molecular weight is 281 g/mol. The molecule has 0 fully saturated rings. The summed E-state index contributed by atoms with van der Waals surface area (Å²) in [7, 11) is 0. The van der Waals surface area contributed by atoms with Gasteiger partial charge in [-0.1, -0.05) is 30.3 Å². The van der Waals surface area contributed by atoms with Crippen molar-refractivity contribution in [2.24, 2.45) is 0 Å². The molecule has 20 heavy (non-hydrogen) atoms. The highest BCUT2D eigenvalue weighted by Crippen LogP contribution is 2.34. The first-order valence-electron chi connectivity index (χ1n) is 6.15. The fourth-order valence-electron chi connectivity index (χ4n) is 1.76. The Morgan fingerprint density at radius 1 is 0.900 bits per heavy atom. The Morgan fingerprint density at radius 3 is 2.25 bits per heavy atom. The monoisotopic (exact) mass is 281 g/mol. The molecule has 0 unspecified atom stereocenters. The predicted octanol–water partition coefficient (Wildman–Crippen LogP) is 4.20. The largest absolute Gasteiger partial charge is 0.492 e. The second-order valence-corrected chi connectivity index (χ2v) is 4.13. The molecule has 0 atom stereocenters. The lowest BCUT2D eigenvalue weighted by Gasteiger charge is -2.14. The summed E-state index contributed by atoms with van der Waals surface area (Å²) in [6.07, 6.45) is -4.36. The molecule has 106 valence electrons. The minimum atomic E-state index is -4.36. The third-order valence-corrected chi connectivity index (χ3v) is 2.66. The van der Waals surface area contributed by atoms with E-state index in [1.165, 1.54) is 12.1 Å². The van der Waals surface area contributed by atoms with E-state index in [0.29, 0.717) is 12.3 Å². The normalized spacial score (nSPS) is 11.2. The van der Waals surface area contributed by atoms with Crippen LogP contribution in [0.15, 0.2) is 54.6 Å². The second kappa shape index (κ2) is 6.32. The Kier molecular flexibility index (Phi) is 4.50. The van der Waals surface area contributed by atoms with Gasteiger partial charge in [-0.05, 0) is 24.3 Å². The van der Waals surface area contributed by atoms with E-state index in [4.69, 9.17) is 4.74 Å². The number of nitrogens with one attached hydrogen (secondary N) is 1. The molecule has 2 aromatic rings. The zero-order chi connectivity index (χ0) is 14.4. The minimum absolute atomic E-state index is 0.0664. The summed E-state index contributed by atoms with van der Waals surface area (Å²) >= 11 is 0. The summed E-state index contributed by atoms with van der Waals surface area (Å²) in [5, 5.41) is 2.75. The summed E-state index contributed by atoms with van der Waals surface area (Å²) in [6.45, 7) is 0.582. The molecule has 0 aromatic heterocycles. The van der Waals surface area contributed by atoms with Gasteiger partial charge in [-0.25, -0.2) is 0 Å². The summed E-state index contributed by atoms with van der Waals surface area (Å²) in [4.78, 5) is 0. The number of hydrogen-bond donors (Lipinski definition) is 1. The van der Waals surface area contributed by atoms with Crippen molar-refractivity contribution in [3.8, 4) is 5.75 Å². The van der Waals surface area contributed by atoms with Gasteiger partial charge >= 0.3 is 6.18 Å². The minimum Gasteiger partial charge on any atom is -0.492 e. The first-order chi connectivity index (χ1) is 9.57. The summed E-state index contributed by atoms with van der Waals surface area (Å²) in [5.74, 6) is 0.693. The first kappa shape index (κ1) is 14.2. The maximum Gasteiger partial charge on any atom is 0.418 e. The maximum atomic E-state index is 12.8. The molecule has 0 saturated heterocycles. The lowest BCUT2D eigenvalue weighted by molar-refractivity contribution is -0.136. The highest BCUT2D eigenvalue weighted by molar-refractivity contribution is 5.52. The predicted molar refractivity (Wildman–Crippen MR) is 71.9 cm³/mol. The van der Waals surface area contributed by atoms with E-state index in [2.05, 4.69) is 5.32 Å². The number of halogens is 3. The zero-order valence-corrected chi connectivity index (χ0v) is 10.7. The smallest absolute Gasteiger partial charge is 0.418 e. The molecule has 0 aliphatic carbocycles. The van der Waals surface area contributed by atoms with E-state index in [1.54, 1.807) is 18.2 Å². The Balaban J connectivity index is 1.89. The molecule has 2 aromatic carbocycles. The molecule has 1 N–H and O–H groups in total. The van der Waals surface area contributed by atoms with Crippen molar-refractivity contribution in [1.29, 1.82) is 0 Å². The summed E-state index contributed by atoms with van der Waals surface area (Å²) < 4.78 is 43.7. The van der Waals surface area contributed by atoms with Crippen LogP contribution in [0.3, 0.4) is 0 Å². The Bertz CT molecular complexity index is 540. The molecule has 0 aliphatic rings. The van der Waals surface area contributed by atoms with Crippen molar-refractivity contribution in [2.75, 3.05) is 18.5 Å². The number of rotatable bonds is 5. The van der Waals surface area contributed by atoms with Crippen LogP contribution >= 0.6 is 0 Å². The van der Waals surface area contributed by atoms with Gasteiger partial charge in [0.05, 0.1) is 5.56 Å². The van der Waals surface area contributed by atoms with Crippen LogP contribution in [-0.2, 0) is 6.18 Å². The van der Waals surface area contributed by atoms with Crippen molar-refractivity contribution >= 4 is 5.69 Å². The molecule has 0 aliphatic heterocycles. The van der Waals surface area contributed by atoms with Crippen LogP contribution in [0.4, 0.5) is 18.9 Å². The Hall–Kier alpha value is -2.17. The first-order valence-corrected chi connectivity index (χ1v) is 6.15. The van der Waals surface area contributed by atoms with Gasteiger partial charge in [-0.2, -0.15) is 13.2 Å². The molecule has 5 heteroatoms. The van der Waals surface area contributed by atoms with Crippen LogP contribution in [0.2, 0.25) is 0 Å². The average Bonchev–Trinajstić information content (AvgIpc) is 2.44. The molecular formula is C15H14F3NO. The molecular weight excluding hydrogens is 267 g/mol. The fourth-order valence-corrected chi connectivity index (χ4v) is 1.76. The van der Waals surface area contributed by atoms with Gasteiger partial charge in [0.25, 0.3) is 0 Å². The van der Waals surface area contributed by atoms with Crippen LogP contribution in [0.1, 0.15) is 5.56 Å². The van der Waals surface area contributed by atoms with Gasteiger partial charge in [0.2, 0.25) is 0 Å². The van der Waals surface area contributed by atoms with Gasteiger partial charge in [0, 0.05) is 12.2 Å². The van der Waals surface area contributed by atoms with Crippen molar-refractivity contribution in [3.63, 3.8) is 0 Å². The molecule has 0 saturated carbocycles. The number of alkyl halides is 3. The van der Waals surface area contributed by atoms with Crippen LogP contribution in [0, 0.1) is 0 Å². The number of benzene rings is 2. The number of hydrogen-bond acceptors (Lipinski definition) is 2. The molecule has 2 rings (SSSR count). The lowest BCUT2D eigenvalue weighted by Crippen LogP contribution is -2.15. The maximum absolute atomic E-state index is 12.8. The van der Waals surface area contributed by atoms with Gasteiger partial charge in [0.1, 0.15) is 12.4 Å². The van der Waals surface area contributed by atoms with Crippen LogP contribution < -0.4 is 10.1 Å². The quantitative estimate of drug-likeness (QED) is 0.829. The molecule has 2 nitrogen and oxygen atoms in total. The van der Waals surface area contributed by atoms with E-state index < -0.39 is 11.7 Å². The number of anilines is 1. The van der Waals surface area contributed by atoms with Gasteiger partial charge in [0.15, 0.2) is 0 Å². The fraction of sp³-hybridized carbons (Fsp3) is 0.200. The van der Waals surface area contributed by atoms with Gasteiger partial charge < -0.3 is 10.1 Å². The lowest BCUT2D eigenvalue weighted by atomic mass is 10.1. The van der Waals surface area contributed by atoms with E-state index in [1.807, 2.05) is 18.2 Å². The molecule has 0 radical (unpaired) electrons. The Labute approximate surface area is 115 Å². The molecule has 0 amide bonds. The molecule has 0 bridgehead atoms. The third kappa shape index (κ3) is 3.91. The zero-order valence-electron chi connectivity index (χ0n) is 10.7. The SMILES string of the molecule is FC(F)(F)c1ccccc1NCCOc1ccccc1. The summed E-state index contributed by atoms with van der Waals surface area (Å²) in [5.41, 5.74) is -0.601. The van der Waals surface area contributed by atoms with E-state index >= 15 is 0 Å². The molecule has 0 spiro atoms. The highest BCUT2D eigenvalue weighted by Gasteiger charge is 2.32. The van der Waals surface area contributed by atoms with Crippen molar-refractivity contribution < 1.29 is 17.9 Å². The van der Waals surface area contributed by atoms with Crippen LogP contribution in [0.25, 0.3) is 0 Å². The topological polar surface area (TPSA) is 21.3 Å². The summed E-state index contributed by atoms with van der Waals surface area (Å²) in [6, 6.07) is 14.5. The molecule has 0 heterocycles. The van der Waals surface area contributed by atoms with E-state index in [-0.39, 0.29) is 12.3 Å². The highest BCUT2D eigenvalue weighted by atomic mass is 19.4. The van der Waals surface area contributed by atoms with Crippen LogP contribution in [0.5, 0.6) is 5.75 Å².